The molecule has 13 heavy (non-hydrogen) atoms. The van der Waals surface area contributed by atoms with Crippen LogP contribution < -0.4 is 5.32 Å². The third-order valence-corrected chi connectivity index (χ3v) is 1.73. The molecule has 0 saturated heterocycles. The topological polar surface area (TPSA) is 58.6 Å². The summed E-state index contributed by atoms with van der Waals surface area (Å²) < 4.78 is 4.86. The second kappa shape index (κ2) is 9.48. The molecule has 4 nitrogen and oxygen atoms in total. The number of hydrogen-bond donors (Lipinski definition) is 2. The van der Waals surface area contributed by atoms with Gasteiger partial charge in [0.15, 0.2) is 0 Å². The molecule has 2 N–H and O–H groups in total. The summed E-state index contributed by atoms with van der Waals surface area (Å²) in [5, 5.41) is 11.6. The molecule has 0 atom stereocenters. The maximum Gasteiger partial charge on any atom is 0.303 e. The maximum atomic E-state index is 10.1. The van der Waals surface area contributed by atoms with E-state index in [0.29, 0.717) is 0 Å². The molecule has 4 heteroatoms. The fourth-order valence-corrected chi connectivity index (χ4v) is 1.00. The summed E-state index contributed by atoms with van der Waals surface area (Å²) in [5.41, 5.74) is 0. The average Bonchev–Trinajstić information content (AvgIpc) is 2.09. The van der Waals surface area contributed by atoms with Crippen LogP contribution in [0.1, 0.15) is 25.7 Å². The number of carboxylic acid groups (broad SMARTS) is 1. The molecule has 0 aliphatic heterocycles. The molecule has 0 rings (SSSR count). The van der Waals surface area contributed by atoms with Crippen LogP contribution in [0.2, 0.25) is 0 Å². The van der Waals surface area contributed by atoms with Gasteiger partial charge in [0.1, 0.15) is 0 Å². The van der Waals surface area contributed by atoms with Crippen molar-refractivity contribution in [3.8, 4) is 0 Å². The van der Waals surface area contributed by atoms with Crippen molar-refractivity contribution in [2.75, 3.05) is 26.8 Å². The molecular weight excluding hydrogens is 170 g/mol. The van der Waals surface area contributed by atoms with Crippen LogP contribution in [0.5, 0.6) is 0 Å². The van der Waals surface area contributed by atoms with Crippen LogP contribution in [0, 0.1) is 0 Å². The molecule has 0 amide bonds. The van der Waals surface area contributed by atoms with Crippen molar-refractivity contribution >= 4 is 5.97 Å². The van der Waals surface area contributed by atoms with Gasteiger partial charge in [-0.15, -0.1) is 0 Å². The van der Waals surface area contributed by atoms with Gasteiger partial charge in [0.2, 0.25) is 0 Å². The van der Waals surface area contributed by atoms with Crippen molar-refractivity contribution in [1.29, 1.82) is 0 Å². The largest absolute Gasteiger partial charge is 0.481 e. The first-order valence-corrected chi connectivity index (χ1v) is 4.69. The molecule has 0 spiro atoms. The van der Waals surface area contributed by atoms with E-state index < -0.39 is 5.97 Å². The number of carbonyl (C=O) groups is 1. The highest BCUT2D eigenvalue weighted by Crippen LogP contribution is 1.98. The molecule has 0 radical (unpaired) electrons. The number of ether oxygens (including phenoxy) is 1. The molecular formula is C9H19NO3. The van der Waals surface area contributed by atoms with E-state index >= 15 is 0 Å². The van der Waals surface area contributed by atoms with Crippen LogP contribution >= 0.6 is 0 Å². The van der Waals surface area contributed by atoms with Gasteiger partial charge in [-0.2, -0.15) is 0 Å². The van der Waals surface area contributed by atoms with Crippen molar-refractivity contribution in [2.24, 2.45) is 0 Å². The zero-order valence-electron chi connectivity index (χ0n) is 8.21. The van der Waals surface area contributed by atoms with Crippen LogP contribution in [0.15, 0.2) is 0 Å². The maximum absolute atomic E-state index is 10.1. The van der Waals surface area contributed by atoms with Gasteiger partial charge in [-0.3, -0.25) is 4.79 Å². The van der Waals surface area contributed by atoms with Gasteiger partial charge in [-0.25, -0.2) is 0 Å². The van der Waals surface area contributed by atoms with Crippen LogP contribution in [0.4, 0.5) is 0 Å². The van der Waals surface area contributed by atoms with E-state index in [1.165, 1.54) is 0 Å². The Morgan fingerprint density at radius 1 is 1.31 bits per heavy atom. The summed E-state index contributed by atoms with van der Waals surface area (Å²) in [6, 6.07) is 0. The lowest BCUT2D eigenvalue weighted by atomic mass is 10.2. The van der Waals surface area contributed by atoms with Crippen molar-refractivity contribution in [3.63, 3.8) is 0 Å². The predicted molar refractivity (Wildman–Crippen MR) is 50.8 cm³/mol. The number of methoxy groups -OCH3 is 1. The first-order valence-electron chi connectivity index (χ1n) is 4.69. The number of carboxylic acids is 1. The molecule has 0 unspecified atom stereocenters. The molecule has 0 fully saturated rings. The van der Waals surface area contributed by atoms with Crippen LogP contribution in [-0.4, -0.2) is 37.9 Å². The van der Waals surface area contributed by atoms with Crippen molar-refractivity contribution in [2.45, 2.75) is 25.7 Å². The van der Waals surface area contributed by atoms with E-state index in [-0.39, 0.29) is 6.42 Å². The monoisotopic (exact) mass is 189 g/mol. The highest BCUT2D eigenvalue weighted by molar-refractivity contribution is 5.66. The summed E-state index contributed by atoms with van der Waals surface area (Å²) in [6.07, 6.45) is 3.09. The van der Waals surface area contributed by atoms with Gasteiger partial charge in [-0.1, -0.05) is 6.42 Å². The van der Waals surface area contributed by atoms with Gasteiger partial charge in [0.05, 0.1) is 6.61 Å². The molecule has 0 aromatic carbocycles. The number of rotatable bonds is 9. The Morgan fingerprint density at radius 2 is 2.08 bits per heavy atom. The second-order valence-electron chi connectivity index (χ2n) is 2.95. The van der Waals surface area contributed by atoms with Gasteiger partial charge < -0.3 is 15.2 Å². The number of unbranched alkanes of at least 4 members (excludes halogenated alkanes) is 2. The third-order valence-electron chi connectivity index (χ3n) is 1.73. The molecule has 0 bridgehead atoms. The lowest BCUT2D eigenvalue weighted by Gasteiger charge is -2.02. The summed E-state index contributed by atoms with van der Waals surface area (Å²) in [6.45, 7) is 2.55. The minimum Gasteiger partial charge on any atom is -0.481 e. The number of nitrogens with one attached hydrogen (secondary N) is 1. The van der Waals surface area contributed by atoms with E-state index in [4.69, 9.17) is 9.84 Å². The molecule has 0 saturated carbocycles. The number of aliphatic carboxylic acids is 1. The summed E-state index contributed by atoms with van der Waals surface area (Å²) in [5.74, 6) is -0.702. The third kappa shape index (κ3) is 11.4. The SMILES string of the molecule is COCCNCCCCCC(=O)O. The molecule has 0 aliphatic carbocycles. The van der Waals surface area contributed by atoms with Gasteiger partial charge in [-0.05, 0) is 19.4 Å². The van der Waals surface area contributed by atoms with Crippen molar-refractivity contribution in [3.05, 3.63) is 0 Å². The zero-order chi connectivity index (χ0) is 9.94. The predicted octanol–water partition coefficient (Wildman–Crippen LogP) is 0.867. The molecule has 0 aromatic rings. The summed E-state index contributed by atoms with van der Waals surface area (Å²) in [4.78, 5) is 10.1. The van der Waals surface area contributed by atoms with E-state index in [1.807, 2.05) is 0 Å². The fraction of sp³-hybridized carbons (Fsp3) is 0.889. The second-order valence-corrected chi connectivity index (χ2v) is 2.95. The summed E-state index contributed by atoms with van der Waals surface area (Å²) >= 11 is 0. The first kappa shape index (κ1) is 12.4. The standard InChI is InChI=1S/C9H19NO3/c1-13-8-7-10-6-4-2-3-5-9(11)12/h10H,2-8H2,1H3,(H,11,12). The average molecular weight is 189 g/mol. The summed E-state index contributed by atoms with van der Waals surface area (Å²) in [7, 11) is 1.68. The Labute approximate surface area is 79.3 Å². The molecule has 0 aliphatic rings. The highest BCUT2D eigenvalue weighted by atomic mass is 16.5. The van der Waals surface area contributed by atoms with E-state index in [9.17, 15) is 4.79 Å². The Morgan fingerprint density at radius 3 is 2.69 bits per heavy atom. The van der Waals surface area contributed by atoms with Crippen LogP contribution in [0.25, 0.3) is 0 Å². The highest BCUT2D eigenvalue weighted by Gasteiger charge is 1.95. The minimum atomic E-state index is -0.702. The lowest BCUT2D eigenvalue weighted by Crippen LogP contribution is -2.20. The molecule has 78 valence electrons. The van der Waals surface area contributed by atoms with E-state index in [1.54, 1.807) is 7.11 Å². The van der Waals surface area contributed by atoms with Gasteiger partial charge in [0.25, 0.3) is 0 Å². The van der Waals surface area contributed by atoms with Gasteiger partial charge >= 0.3 is 5.97 Å². The zero-order valence-corrected chi connectivity index (χ0v) is 8.21. The first-order chi connectivity index (χ1) is 6.27. The van der Waals surface area contributed by atoms with Gasteiger partial charge in [0, 0.05) is 20.1 Å². The smallest absolute Gasteiger partial charge is 0.303 e. The Balaban J connectivity index is 2.87. The normalized spacial score (nSPS) is 10.2. The molecule has 0 aromatic heterocycles. The lowest BCUT2D eigenvalue weighted by molar-refractivity contribution is -0.137. The van der Waals surface area contributed by atoms with Crippen molar-refractivity contribution in [1.82, 2.24) is 5.32 Å². The Bertz CT molecular complexity index is 128. The Hall–Kier alpha value is -0.610. The minimum absolute atomic E-state index is 0.290. The van der Waals surface area contributed by atoms with E-state index in [2.05, 4.69) is 5.32 Å². The van der Waals surface area contributed by atoms with Crippen LogP contribution in [-0.2, 0) is 9.53 Å². The van der Waals surface area contributed by atoms with E-state index in [0.717, 1.165) is 39.0 Å². The number of hydrogen-bond acceptors (Lipinski definition) is 3. The fourth-order valence-electron chi connectivity index (χ4n) is 1.00. The molecule has 0 heterocycles. The Kier molecular flexibility index (Phi) is 9.03. The van der Waals surface area contributed by atoms with Crippen LogP contribution in [0.3, 0.4) is 0 Å². The van der Waals surface area contributed by atoms with Crippen molar-refractivity contribution < 1.29 is 14.6 Å². The quantitative estimate of drug-likeness (QED) is 0.528.